The second kappa shape index (κ2) is 6.51. The fourth-order valence-electron chi connectivity index (χ4n) is 2.01. The molecule has 21 heavy (non-hydrogen) atoms. The third kappa shape index (κ3) is 3.12. The second-order valence-electron chi connectivity index (χ2n) is 4.45. The Labute approximate surface area is 127 Å². The molecule has 0 atom stereocenters. The van der Waals surface area contributed by atoms with Gasteiger partial charge in [-0.05, 0) is 53.0 Å². The lowest BCUT2D eigenvalue weighted by atomic mass is 10.2. The van der Waals surface area contributed by atoms with Gasteiger partial charge in [-0.1, -0.05) is 36.4 Å². The minimum Gasteiger partial charge on any atom is -0.316 e. The Morgan fingerprint density at radius 2 is 1.81 bits per heavy atom. The van der Waals surface area contributed by atoms with E-state index in [9.17, 15) is 0 Å². The molecule has 2 aromatic carbocycles. The Hall–Kier alpha value is -2.18. The summed E-state index contributed by atoms with van der Waals surface area (Å²) in [4.78, 5) is 1.15. The zero-order valence-corrected chi connectivity index (χ0v) is 12.4. The van der Waals surface area contributed by atoms with Gasteiger partial charge in [-0.15, -0.1) is 5.10 Å². The quantitative estimate of drug-likeness (QED) is 0.784. The van der Waals surface area contributed by atoms with Crippen LogP contribution in [-0.2, 0) is 6.54 Å². The largest absolute Gasteiger partial charge is 0.316 e. The fourth-order valence-corrected chi connectivity index (χ4v) is 2.93. The van der Waals surface area contributed by atoms with Crippen molar-refractivity contribution >= 4 is 11.8 Å². The number of nitrogens with one attached hydrogen (secondary N) is 1. The third-order valence-corrected chi connectivity index (χ3v) is 4.04. The summed E-state index contributed by atoms with van der Waals surface area (Å²) in [5, 5.41) is 15.9. The van der Waals surface area contributed by atoms with Crippen molar-refractivity contribution in [2.24, 2.45) is 0 Å². The molecule has 0 aliphatic carbocycles. The van der Waals surface area contributed by atoms with Gasteiger partial charge < -0.3 is 5.32 Å². The van der Waals surface area contributed by atoms with Crippen molar-refractivity contribution in [2.75, 3.05) is 7.05 Å². The first-order valence-corrected chi connectivity index (χ1v) is 7.44. The van der Waals surface area contributed by atoms with Gasteiger partial charge in [-0.2, -0.15) is 4.68 Å². The maximum Gasteiger partial charge on any atom is 0.218 e. The van der Waals surface area contributed by atoms with Gasteiger partial charge in [-0.3, -0.25) is 0 Å². The van der Waals surface area contributed by atoms with Gasteiger partial charge in [0, 0.05) is 11.4 Å². The van der Waals surface area contributed by atoms with E-state index in [2.05, 4.69) is 33.0 Å². The molecular formula is C15H15N5S. The predicted octanol–water partition coefficient (Wildman–Crippen LogP) is 2.53. The zero-order chi connectivity index (χ0) is 14.5. The van der Waals surface area contributed by atoms with E-state index in [4.69, 9.17) is 0 Å². The Morgan fingerprint density at radius 3 is 2.62 bits per heavy atom. The molecule has 0 saturated heterocycles. The fraction of sp³-hybridized carbons (Fsp3) is 0.133. The summed E-state index contributed by atoms with van der Waals surface area (Å²) in [5.74, 6) is 0. The molecule has 0 fully saturated rings. The number of para-hydroxylation sites is 1. The molecular weight excluding hydrogens is 282 g/mol. The Bertz CT molecular complexity index is 711. The van der Waals surface area contributed by atoms with Crippen LogP contribution < -0.4 is 5.32 Å². The van der Waals surface area contributed by atoms with Crippen molar-refractivity contribution in [3.05, 3.63) is 60.2 Å². The van der Waals surface area contributed by atoms with E-state index < -0.39 is 0 Å². The summed E-state index contributed by atoms with van der Waals surface area (Å²) >= 11 is 1.57. The van der Waals surface area contributed by atoms with Crippen molar-refractivity contribution in [3.8, 4) is 5.69 Å². The van der Waals surface area contributed by atoms with Crippen molar-refractivity contribution in [3.63, 3.8) is 0 Å². The second-order valence-corrected chi connectivity index (χ2v) is 5.46. The number of hydrogen-bond acceptors (Lipinski definition) is 5. The minimum atomic E-state index is 0.754. The lowest BCUT2D eigenvalue weighted by Crippen LogP contribution is -2.06. The summed E-state index contributed by atoms with van der Waals surface area (Å²) in [5.41, 5.74) is 2.18. The average molecular weight is 297 g/mol. The van der Waals surface area contributed by atoms with Crippen molar-refractivity contribution in [1.29, 1.82) is 0 Å². The van der Waals surface area contributed by atoms with Crippen LogP contribution in [0.15, 0.2) is 64.6 Å². The number of benzene rings is 2. The highest BCUT2D eigenvalue weighted by Gasteiger charge is 2.11. The standard InChI is InChI=1S/C15H15N5S/c1-16-11-12-7-5-6-10-14(12)21-15-17-18-19-20(15)13-8-3-2-4-9-13/h2-10,16H,11H2,1H3. The van der Waals surface area contributed by atoms with Crippen LogP contribution in [0.5, 0.6) is 0 Å². The van der Waals surface area contributed by atoms with Gasteiger partial charge in [0.05, 0.1) is 5.69 Å². The molecule has 3 aromatic rings. The van der Waals surface area contributed by atoms with E-state index in [0.29, 0.717) is 0 Å². The number of hydrogen-bond donors (Lipinski definition) is 1. The highest BCUT2D eigenvalue weighted by atomic mass is 32.2. The summed E-state index contributed by atoms with van der Waals surface area (Å²) in [6.45, 7) is 0.816. The Balaban J connectivity index is 1.92. The first-order valence-electron chi connectivity index (χ1n) is 6.62. The number of tetrazole rings is 1. The van der Waals surface area contributed by atoms with Crippen LogP contribution in [0.2, 0.25) is 0 Å². The average Bonchev–Trinajstić information content (AvgIpc) is 2.99. The smallest absolute Gasteiger partial charge is 0.218 e. The summed E-state index contributed by atoms with van der Waals surface area (Å²) in [6, 6.07) is 18.1. The summed E-state index contributed by atoms with van der Waals surface area (Å²) < 4.78 is 1.75. The van der Waals surface area contributed by atoms with Crippen LogP contribution in [0.25, 0.3) is 5.69 Å². The molecule has 0 spiro atoms. The van der Waals surface area contributed by atoms with Gasteiger partial charge in [0.2, 0.25) is 5.16 Å². The maximum absolute atomic E-state index is 4.13. The van der Waals surface area contributed by atoms with Crippen LogP contribution in [0.3, 0.4) is 0 Å². The monoisotopic (exact) mass is 297 g/mol. The first-order chi connectivity index (χ1) is 10.4. The van der Waals surface area contributed by atoms with Crippen LogP contribution in [-0.4, -0.2) is 27.3 Å². The third-order valence-electron chi connectivity index (χ3n) is 2.98. The van der Waals surface area contributed by atoms with Gasteiger partial charge in [0.1, 0.15) is 0 Å². The molecule has 1 aromatic heterocycles. The topological polar surface area (TPSA) is 55.6 Å². The molecule has 106 valence electrons. The van der Waals surface area contributed by atoms with E-state index in [-0.39, 0.29) is 0 Å². The molecule has 0 amide bonds. The molecule has 1 N–H and O–H groups in total. The highest BCUT2D eigenvalue weighted by Crippen LogP contribution is 2.29. The number of nitrogens with zero attached hydrogens (tertiary/aromatic N) is 4. The molecule has 0 unspecified atom stereocenters. The molecule has 0 radical (unpaired) electrons. The SMILES string of the molecule is CNCc1ccccc1Sc1nnnn1-c1ccccc1. The zero-order valence-electron chi connectivity index (χ0n) is 11.6. The number of rotatable bonds is 5. The van der Waals surface area contributed by atoms with Crippen molar-refractivity contribution < 1.29 is 0 Å². The van der Waals surface area contributed by atoms with Crippen molar-refractivity contribution in [2.45, 2.75) is 16.6 Å². The minimum absolute atomic E-state index is 0.754. The van der Waals surface area contributed by atoms with Crippen LogP contribution in [0.4, 0.5) is 0 Å². The molecule has 5 nitrogen and oxygen atoms in total. The first kappa shape index (κ1) is 13.8. The lowest BCUT2D eigenvalue weighted by molar-refractivity contribution is 0.755. The molecule has 6 heteroatoms. The number of aromatic nitrogens is 4. The van der Waals surface area contributed by atoms with E-state index >= 15 is 0 Å². The van der Waals surface area contributed by atoms with Crippen molar-refractivity contribution in [1.82, 2.24) is 25.5 Å². The normalized spacial score (nSPS) is 10.7. The van der Waals surface area contributed by atoms with Gasteiger partial charge in [0.25, 0.3) is 0 Å². The maximum atomic E-state index is 4.13. The predicted molar refractivity (Wildman–Crippen MR) is 82.5 cm³/mol. The Morgan fingerprint density at radius 1 is 1.05 bits per heavy atom. The van der Waals surface area contributed by atoms with Gasteiger partial charge in [-0.25, -0.2) is 0 Å². The molecule has 0 aliphatic rings. The highest BCUT2D eigenvalue weighted by molar-refractivity contribution is 7.99. The van der Waals surface area contributed by atoms with Crippen LogP contribution in [0, 0.1) is 0 Å². The molecule has 1 heterocycles. The van der Waals surface area contributed by atoms with Crippen LogP contribution >= 0.6 is 11.8 Å². The molecule has 0 bridgehead atoms. The summed E-state index contributed by atoms with van der Waals surface area (Å²) in [7, 11) is 1.94. The molecule has 0 saturated carbocycles. The van der Waals surface area contributed by atoms with Gasteiger partial charge >= 0.3 is 0 Å². The van der Waals surface area contributed by atoms with Gasteiger partial charge in [0.15, 0.2) is 0 Å². The van der Waals surface area contributed by atoms with E-state index in [1.54, 1.807) is 16.4 Å². The van der Waals surface area contributed by atoms with E-state index in [1.165, 1.54) is 5.56 Å². The molecule has 3 rings (SSSR count). The van der Waals surface area contributed by atoms with E-state index in [0.717, 1.165) is 22.3 Å². The molecule has 0 aliphatic heterocycles. The lowest BCUT2D eigenvalue weighted by Gasteiger charge is -2.08. The van der Waals surface area contributed by atoms with Crippen LogP contribution in [0.1, 0.15) is 5.56 Å². The Kier molecular flexibility index (Phi) is 4.28. The van der Waals surface area contributed by atoms with E-state index in [1.807, 2.05) is 49.5 Å². The summed E-state index contributed by atoms with van der Waals surface area (Å²) in [6.07, 6.45) is 0.